The molecule has 1 aromatic heterocycles. The maximum absolute atomic E-state index is 10.6. The van der Waals surface area contributed by atoms with Crippen molar-refractivity contribution < 1.29 is 19.4 Å². The van der Waals surface area contributed by atoms with Gasteiger partial charge in [0.05, 0.1) is 0 Å². The van der Waals surface area contributed by atoms with Gasteiger partial charge in [0.15, 0.2) is 5.88 Å². The summed E-state index contributed by atoms with van der Waals surface area (Å²) in [5.41, 5.74) is 0. The van der Waals surface area contributed by atoms with Crippen LogP contribution in [0.5, 0.6) is 0 Å². The summed E-state index contributed by atoms with van der Waals surface area (Å²) < 4.78 is 5.14. The van der Waals surface area contributed by atoms with E-state index in [0.717, 1.165) is 25.8 Å². The van der Waals surface area contributed by atoms with Gasteiger partial charge in [-0.3, -0.25) is 0 Å². The maximum atomic E-state index is 10.6. The molecule has 0 bridgehead atoms. The third-order valence-electron chi connectivity index (χ3n) is 2.33. The van der Waals surface area contributed by atoms with Gasteiger partial charge < -0.3 is 19.5 Å². The highest BCUT2D eigenvalue weighted by Gasteiger charge is 2.11. The van der Waals surface area contributed by atoms with E-state index in [2.05, 4.69) is 0 Å². The molecule has 0 aliphatic rings. The van der Waals surface area contributed by atoms with Crippen LogP contribution in [0.1, 0.15) is 29.8 Å². The van der Waals surface area contributed by atoms with E-state index in [0.29, 0.717) is 5.88 Å². The summed E-state index contributed by atoms with van der Waals surface area (Å²) in [5.74, 6) is -0.543. The van der Waals surface area contributed by atoms with Gasteiger partial charge in [0, 0.05) is 26.3 Å². The maximum Gasteiger partial charge on any atom is 0.371 e. The topological polar surface area (TPSA) is 73.9 Å². The van der Waals surface area contributed by atoms with Gasteiger partial charge in [-0.25, -0.2) is 4.79 Å². The number of anilines is 1. The van der Waals surface area contributed by atoms with Gasteiger partial charge in [-0.2, -0.15) is 0 Å². The molecule has 1 heterocycles. The molecule has 0 spiro atoms. The second-order valence-corrected chi connectivity index (χ2v) is 3.65. The molecule has 0 aliphatic heterocycles. The summed E-state index contributed by atoms with van der Waals surface area (Å²) >= 11 is 0. The number of carboxylic acids is 1. The fraction of sp³-hybridized carbons (Fsp3) is 0.545. The van der Waals surface area contributed by atoms with Crippen LogP contribution in [0.3, 0.4) is 0 Å². The molecule has 0 aromatic carbocycles. The first-order valence-electron chi connectivity index (χ1n) is 5.30. The monoisotopic (exact) mass is 227 g/mol. The van der Waals surface area contributed by atoms with E-state index >= 15 is 0 Å². The average Bonchev–Trinajstić information content (AvgIpc) is 2.73. The molecule has 2 N–H and O–H groups in total. The van der Waals surface area contributed by atoms with E-state index in [1.807, 2.05) is 11.9 Å². The van der Waals surface area contributed by atoms with Crippen molar-refractivity contribution in [2.24, 2.45) is 0 Å². The predicted molar refractivity (Wildman–Crippen MR) is 59.9 cm³/mol. The van der Waals surface area contributed by atoms with Crippen LogP contribution >= 0.6 is 0 Å². The van der Waals surface area contributed by atoms with Gasteiger partial charge >= 0.3 is 5.97 Å². The lowest BCUT2D eigenvalue weighted by Gasteiger charge is -2.15. The fourth-order valence-electron chi connectivity index (χ4n) is 1.40. The van der Waals surface area contributed by atoms with Gasteiger partial charge in [0.1, 0.15) is 0 Å². The standard InChI is InChI=1S/C11H17NO4/c1-12(7-3-2-4-8-13)10-6-5-9(16-10)11(14)15/h5-6,13H,2-4,7-8H2,1H3,(H,14,15). The van der Waals surface area contributed by atoms with Gasteiger partial charge in [0.2, 0.25) is 5.76 Å². The van der Waals surface area contributed by atoms with Crippen LogP contribution < -0.4 is 4.90 Å². The quantitative estimate of drug-likeness (QED) is 0.692. The summed E-state index contributed by atoms with van der Waals surface area (Å²) in [7, 11) is 1.85. The Balaban J connectivity index is 2.40. The van der Waals surface area contributed by atoms with Crippen molar-refractivity contribution in [1.82, 2.24) is 0 Å². The molecule has 0 fully saturated rings. The van der Waals surface area contributed by atoms with Gasteiger partial charge in [-0.05, 0) is 25.3 Å². The summed E-state index contributed by atoms with van der Waals surface area (Å²) in [5, 5.41) is 17.3. The SMILES string of the molecule is CN(CCCCCO)c1ccc(C(=O)O)o1. The van der Waals surface area contributed by atoms with Crippen LogP contribution in [0.15, 0.2) is 16.5 Å². The summed E-state index contributed by atoms with van der Waals surface area (Å²) in [4.78, 5) is 12.5. The largest absolute Gasteiger partial charge is 0.475 e. The number of carbonyl (C=O) groups is 1. The Kier molecular flexibility index (Phi) is 4.85. The lowest BCUT2D eigenvalue weighted by atomic mass is 10.2. The number of furan rings is 1. The van der Waals surface area contributed by atoms with Crippen LogP contribution in [0.25, 0.3) is 0 Å². The van der Waals surface area contributed by atoms with Crippen LogP contribution in [-0.2, 0) is 0 Å². The molecule has 90 valence electrons. The van der Waals surface area contributed by atoms with Crippen LogP contribution in [-0.4, -0.2) is 36.4 Å². The smallest absolute Gasteiger partial charge is 0.371 e. The minimum atomic E-state index is -1.06. The normalized spacial score (nSPS) is 10.4. The molecule has 1 rings (SSSR count). The predicted octanol–water partition coefficient (Wildman–Crippen LogP) is 1.58. The Labute approximate surface area is 94.3 Å². The van der Waals surface area contributed by atoms with Crippen LogP contribution in [0, 0.1) is 0 Å². The van der Waals surface area contributed by atoms with Crippen LogP contribution in [0.4, 0.5) is 5.88 Å². The van der Waals surface area contributed by atoms with E-state index in [1.165, 1.54) is 6.07 Å². The molecule has 0 saturated heterocycles. The molecule has 0 aliphatic carbocycles. The van der Waals surface area contributed by atoms with Gasteiger partial charge in [0.25, 0.3) is 0 Å². The molecule has 16 heavy (non-hydrogen) atoms. The molecule has 0 radical (unpaired) electrons. The molecule has 0 atom stereocenters. The second kappa shape index (κ2) is 6.17. The number of rotatable bonds is 7. The highest BCUT2D eigenvalue weighted by molar-refractivity contribution is 5.84. The Morgan fingerprint density at radius 1 is 1.38 bits per heavy atom. The third kappa shape index (κ3) is 3.58. The van der Waals surface area contributed by atoms with Crippen molar-refractivity contribution in [2.45, 2.75) is 19.3 Å². The Bertz CT molecular complexity index is 334. The van der Waals surface area contributed by atoms with Crippen molar-refractivity contribution >= 4 is 11.9 Å². The highest BCUT2D eigenvalue weighted by atomic mass is 16.4. The van der Waals surface area contributed by atoms with Crippen LogP contribution in [0.2, 0.25) is 0 Å². The molecular formula is C11H17NO4. The number of aromatic carboxylic acids is 1. The molecule has 0 saturated carbocycles. The second-order valence-electron chi connectivity index (χ2n) is 3.65. The minimum absolute atomic E-state index is 0.0443. The van der Waals surface area contributed by atoms with Gasteiger partial charge in [-0.15, -0.1) is 0 Å². The van der Waals surface area contributed by atoms with E-state index in [9.17, 15) is 4.79 Å². The summed E-state index contributed by atoms with van der Waals surface area (Å²) in [6.45, 7) is 1.00. The first-order valence-corrected chi connectivity index (χ1v) is 5.30. The van der Waals surface area contributed by atoms with E-state index < -0.39 is 5.97 Å². The Morgan fingerprint density at radius 2 is 2.12 bits per heavy atom. The Morgan fingerprint density at radius 3 is 2.69 bits per heavy atom. The number of unbranched alkanes of at least 4 members (excludes halogenated alkanes) is 2. The Hall–Kier alpha value is -1.49. The zero-order valence-electron chi connectivity index (χ0n) is 9.35. The number of hydrogen-bond acceptors (Lipinski definition) is 4. The number of aliphatic hydroxyl groups excluding tert-OH is 1. The number of carboxylic acid groups (broad SMARTS) is 1. The molecule has 0 amide bonds. The average molecular weight is 227 g/mol. The fourth-order valence-corrected chi connectivity index (χ4v) is 1.40. The zero-order valence-corrected chi connectivity index (χ0v) is 9.35. The van der Waals surface area contributed by atoms with E-state index in [-0.39, 0.29) is 12.4 Å². The van der Waals surface area contributed by atoms with E-state index in [1.54, 1.807) is 6.07 Å². The zero-order chi connectivity index (χ0) is 12.0. The molecular weight excluding hydrogens is 210 g/mol. The van der Waals surface area contributed by atoms with E-state index in [4.69, 9.17) is 14.6 Å². The van der Waals surface area contributed by atoms with Crippen molar-refractivity contribution in [2.75, 3.05) is 25.1 Å². The highest BCUT2D eigenvalue weighted by Crippen LogP contribution is 2.17. The summed E-state index contributed by atoms with van der Waals surface area (Å²) in [6, 6.07) is 3.09. The molecule has 0 unspecified atom stereocenters. The van der Waals surface area contributed by atoms with Crippen molar-refractivity contribution in [3.63, 3.8) is 0 Å². The van der Waals surface area contributed by atoms with Crippen molar-refractivity contribution in [3.05, 3.63) is 17.9 Å². The number of aliphatic hydroxyl groups is 1. The lowest BCUT2D eigenvalue weighted by Crippen LogP contribution is -2.17. The first kappa shape index (κ1) is 12.6. The molecule has 5 heteroatoms. The lowest BCUT2D eigenvalue weighted by molar-refractivity contribution is 0.0663. The van der Waals surface area contributed by atoms with Gasteiger partial charge in [-0.1, -0.05) is 0 Å². The minimum Gasteiger partial charge on any atom is -0.475 e. The third-order valence-corrected chi connectivity index (χ3v) is 2.33. The molecule has 1 aromatic rings. The molecule has 5 nitrogen and oxygen atoms in total. The number of nitrogens with zero attached hydrogens (tertiary/aromatic N) is 1. The number of hydrogen-bond donors (Lipinski definition) is 2. The van der Waals surface area contributed by atoms with Crippen molar-refractivity contribution in [1.29, 1.82) is 0 Å². The summed E-state index contributed by atoms with van der Waals surface area (Å²) in [6.07, 6.45) is 2.69. The van der Waals surface area contributed by atoms with Crippen molar-refractivity contribution in [3.8, 4) is 0 Å². The first-order chi connectivity index (χ1) is 7.65.